The molecule has 392 valence electrons. The lowest BCUT2D eigenvalue weighted by atomic mass is 10.0. The summed E-state index contributed by atoms with van der Waals surface area (Å²) in [4.78, 5) is 4.88. The van der Waals surface area contributed by atoms with Crippen LogP contribution in [0.1, 0.15) is 0 Å². The van der Waals surface area contributed by atoms with Gasteiger partial charge in [-0.2, -0.15) is 0 Å². The first-order valence-electron chi connectivity index (χ1n) is 28.0. The summed E-state index contributed by atoms with van der Waals surface area (Å²) in [5.41, 5.74) is 21.0. The highest BCUT2D eigenvalue weighted by molar-refractivity contribution is 7.35. The SMILES string of the molecule is c1ccc(-c2ccc(N(c3ccc(-c4ccccc4)cc3)c3cc4c(s3)c3sc5c6sc(N(c7ccc(-c8ccccc8)cc7)c7ccc(-c8ccccc8)cc7)cc6n(-c6ccc7ccccc7c6)c5c3n4-c3ccccc3)cc2)cc1. The molecule has 5 aromatic heterocycles. The zero-order chi connectivity index (χ0) is 54.8. The number of benzene rings is 11. The van der Waals surface area contributed by atoms with E-state index < -0.39 is 0 Å². The fourth-order valence-corrected chi connectivity index (χ4v) is 15.9. The second-order valence-corrected chi connectivity index (χ2v) is 24.0. The van der Waals surface area contributed by atoms with Crippen LogP contribution >= 0.6 is 34.0 Å². The van der Waals surface area contributed by atoms with E-state index in [9.17, 15) is 0 Å². The van der Waals surface area contributed by atoms with Crippen LogP contribution < -0.4 is 9.80 Å². The van der Waals surface area contributed by atoms with Crippen molar-refractivity contribution in [3.63, 3.8) is 0 Å². The third kappa shape index (κ3) is 8.64. The Morgan fingerprint density at radius 3 is 0.916 bits per heavy atom. The van der Waals surface area contributed by atoms with Crippen LogP contribution in [0.4, 0.5) is 32.8 Å². The van der Waals surface area contributed by atoms with Crippen molar-refractivity contribution in [3.05, 3.63) is 303 Å². The third-order valence-corrected chi connectivity index (χ3v) is 19.7. The van der Waals surface area contributed by atoms with Crippen LogP contribution in [-0.2, 0) is 0 Å². The molecule has 83 heavy (non-hydrogen) atoms. The molecule has 0 N–H and O–H groups in total. The maximum Gasteiger partial charge on any atom is 0.103 e. The lowest BCUT2D eigenvalue weighted by Crippen LogP contribution is -2.08. The van der Waals surface area contributed by atoms with Crippen molar-refractivity contribution >= 4 is 118 Å². The van der Waals surface area contributed by atoms with Gasteiger partial charge in [0.2, 0.25) is 0 Å². The average Bonchev–Trinajstić information content (AvgIpc) is 1.64. The molecule has 0 saturated carbocycles. The maximum atomic E-state index is 2.56. The molecule has 0 atom stereocenters. The predicted octanol–water partition coefficient (Wildman–Crippen LogP) is 22.8. The molecule has 0 bridgehead atoms. The molecular weight excluding hydrogens is 1070 g/mol. The van der Waals surface area contributed by atoms with Crippen LogP contribution in [0.15, 0.2) is 303 Å². The Bertz CT molecular complexity index is 4800. The van der Waals surface area contributed by atoms with E-state index in [0.717, 1.165) is 44.1 Å². The highest BCUT2D eigenvalue weighted by atomic mass is 32.1. The molecule has 0 unspecified atom stereocenters. The molecule has 0 saturated heterocycles. The molecule has 4 nitrogen and oxygen atoms in total. The average molecular weight is 1120 g/mol. The largest absolute Gasteiger partial charge is 0.305 e. The van der Waals surface area contributed by atoms with Crippen LogP contribution in [0.25, 0.3) is 108 Å². The van der Waals surface area contributed by atoms with Crippen LogP contribution in [-0.4, -0.2) is 9.13 Å². The van der Waals surface area contributed by atoms with Gasteiger partial charge < -0.3 is 18.9 Å². The number of hydrogen-bond acceptors (Lipinski definition) is 5. The summed E-state index contributed by atoms with van der Waals surface area (Å²) in [6.45, 7) is 0. The van der Waals surface area contributed by atoms with E-state index in [0.29, 0.717) is 0 Å². The zero-order valence-corrected chi connectivity index (χ0v) is 47.3. The summed E-state index contributed by atoms with van der Waals surface area (Å²) in [6, 6.07) is 110. The van der Waals surface area contributed by atoms with E-state index in [2.05, 4.69) is 322 Å². The maximum absolute atomic E-state index is 2.56. The van der Waals surface area contributed by atoms with E-state index in [1.54, 1.807) is 0 Å². The van der Waals surface area contributed by atoms with Crippen LogP contribution in [0.3, 0.4) is 0 Å². The van der Waals surface area contributed by atoms with E-state index in [4.69, 9.17) is 0 Å². The molecule has 7 heteroatoms. The minimum atomic E-state index is 1.10. The number of nitrogens with zero attached hydrogens (tertiary/aromatic N) is 4. The molecule has 0 spiro atoms. The van der Waals surface area contributed by atoms with Crippen molar-refractivity contribution < 1.29 is 0 Å². The quantitative estimate of drug-likeness (QED) is 0.121. The zero-order valence-electron chi connectivity index (χ0n) is 44.9. The van der Waals surface area contributed by atoms with Crippen molar-refractivity contribution in [2.75, 3.05) is 9.80 Å². The molecule has 5 heterocycles. The van der Waals surface area contributed by atoms with Gasteiger partial charge >= 0.3 is 0 Å². The Hall–Kier alpha value is -10.0. The van der Waals surface area contributed by atoms with Crippen molar-refractivity contribution in [2.45, 2.75) is 0 Å². The highest BCUT2D eigenvalue weighted by Crippen LogP contribution is 2.55. The van der Waals surface area contributed by atoms with Gasteiger partial charge in [-0.25, -0.2) is 0 Å². The van der Waals surface area contributed by atoms with Gasteiger partial charge in [0.05, 0.1) is 40.9 Å². The van der Waals surface area contributed by atoms with Crippen LogP contribution in [0.2, 0.25) is 0 Å². The van der Waals surface area contributed by atoms with E-state index in [1.165, 1.54) is 96.1 Å². The number of aromatic nitrogens is 2. The van der Waals surface area contributed by atoms with Gasteiger partial charge in [-0.1, -0.05) is 218 Å². The molecular formula is C76H50N4S3. The first kappa shape index (κ1) is 48.8. The predicted molar refractivity (Wildman–Crippen MR) is 357 cm³/mol. The molecule has 0 aliphatic rings. The van der Waals surface area contributed by atoms with E-state index in [-0.39, 0.29) is 0 Å². The first-order chi connectivity index (χ1) is 41.1. The van der Waals surface area contributed by atoms with Crippen LogP contribution in [0, 0.1) is 0 Å². The summed E-state index contributed by atoms with van der Waals surface area (Å²) in [5, 5.41) is 4.72. The Kier molecular flexibility index (Phi) is 12.1. The molecule has 0 radical (unpaired) electrons. The second-order valence-electron chi connectivity index (χ2n) is 20.9. The lowest BCUT2D eigenvalue weighted by Gasteiger charge is -2.24. The Labute approximate surface area is 493 Å². The van der Waals surface area contributed by atoms with E-state index >= 15 is 0 Å². The minimum absolute atomic E-state index is 1.10. The molecule has 0 amide bonds. The van der Waals surface area contributed by atoms with Crippen molar-refractivity contribution in [1.82, 2.24) is 9.13 Å². The summed E-state index contributed by atoms with van der Waals surface area (Å²) >= 11 is 5.68. The molecule has 11 aromatic carbocycles. The number of rotatable bonds is 12. The van der Waals surface area contributed by atoms with Crippen molar-refractivity contribution in [1.29, 1.82) is 0 Å². The molecule has 0 aliphatic carbocycles. The normalized spacial score (nSPS) is 11.6. The van der Waals surface area contributed by atoms with Gasteiger partial charge in [-0.3, -0.25) is 0 Å². The Balaban J connectivity index is 0.918. The number of thiophene rings is 3. The van der Waals surface area contributed by atoms with Crippen LogP contribution in [0.5, 0.6) is 0 Å². The fraction of sp³-hybridized carbons (Fsp3) is 0. The highest BCUT2D eigenvalue weighted by Gasteiger charge is 2.30. The summed E-state index contributed by atoms with van der Waals surface area (Å²) in [6.07, 6.45) is 0. The van der Waals surface area contributed by atoms with Crippen molar-refractivity contribution in [2.24, 2.45) is 0 Å². The lowest BCUT2D eigenvalue weighted by molar-refractivity contribution is 1.15. The fourth-order valence-electron chi connectivity index (χ4n) is 12.0. The van der Waals surface area contributed by atoms with Gasteiger partial charge in [0.25, 0.3) is 0 Å². The monoisotopic (exact) mass is 1110 g/mol. The van der Waals surface area contributed by atoms with Gasteiger partial charge in [-0.05, 0) is 140 Å². The molecule has 0 fully saturated rings. The summed E-state index contributed by atoms with van der Waals surface area (Å²) < 4.78 is 10.2. The Morgan fingerprint density at radius 1 is 0.229 bits per heavy atom. The number of anilines is 6. The van der Waals surface area contributed by atoms with Gasteiger partial charge in [0.1, 0.15) is 10.0 Å². The summed E-state index contributed by atoms with van der Waals surface area (Å²) in [7, 11) is 0. The number of hydrogen-bond donors (Lipinski definition) is 0. The smallest absolute Gasteiger partial charge is 0.103 e. The topological polar surface area (TPSA) is 16.3 Å². The third-order valence-electron chi connectivity index (χ3n) is 16.0. The number of para-hydroxylation sites is 1. The summed E-state index contributed by atoms with van der Waals surface area (Å²) in [5.74, 6) is 0. The molecule has 0 aliphatic heterocycles. The van der Waals surface area contributed by atoms with Crippen molar-refractivity contribution in [3.8, 4) is 55.9 Å². The minimum Gasteiger partial charge on any atom is -0.305 e. The van der Waals surface area contributed by atoms with E-state index in [1.807, 2.05) is 34.0 Å². The standard InChI is InChI=1S/C76H50N4S3/c1-6-18-51(19-7-1)56-30-39-62(40-31-56)77(63-41-32-57(33-42-63)52-20-8-2-9-21-52)69-49-67-73(81-69)75-71(79(67)61-28-14-5-15-29-61)72-76(83-75)74-68(80(72)66-47-38-55-26-16-17-27-60(55)48-66)50-70(82-74)78(64-43-34-58(35-44-64)53-22-10-3-11-23-53)65-45-36-59(37-46-65)54-24-12-4-13-25-54/h1-50H. The first-order valence-corrected chi connectivity index (χ1v) is 30.4. The second kappa shape index (κ2) is 20.5. The van der Waals surface area contributed by atoms with Gasteiger partial charge in [0.15, 0.2) is 0 Å². The van der Waals surface area contributed by atoms with Gasteiger partial charge in [0, 0.05) is 34.1 Å². The van der Waals surface area contributed by atoms with Gasteiger partial charge in [-0.15, -0.1) is 34.0 Å². The Morgan fingerprint density at radius 2 is 0.542 bits per heavy atom. The molecule has 16 aromatic rings. The molecule has 16 rings (SSSR count). The number of fused-ring (bicyclic) bond motifs is 8.